The normalized spacial score (nSPS) is 10.9. The molecule has 0 saturated carbocycles. The molecular formula is C23H17Cl2NO4. The summed E-state index contributed by atoms with van der Waals surface area (Å²) in [7, 11) is 1.40. The molecule has 152 valence electrons. The first-order valence-electron chi connectivity index (χ1n) is 8.90. The van der Waals surface area contributed by atoms with Gasteiger partial charge in [0, 0.05) is 22.9 Å². The van der Waals surface area contributed by atoms with E-state index >= 15 is 0 Å². The van der Waals surface area contributed by atoms with Crippen LogP contribution in [-0.2, 0) is 0 Å². The molecule has 3 aromatic carbocycles. The van der Waals surface area contributed by atoms with Gasteiger partial charge in [0.15, 0.2) is 23.1 Å². The van der Waals surface area contributed by atoms with Crippen molar-refractivity contribution in [2.24, 2.45) is 4.99 Å². The van der Waals surface area contributed by atoms with Crippen molar-refractivity contribution >= 4 is 41.0 Å². The minimum atomic E-state index is -0.298. The number of halogens is 2. The van der Waals surface area contributed by atoms with Crippen LogP contribution in [0, 0.1) is 0 Å². The number of ketones is 2. The second-order valence-corrected chi connectivity index (χ2v) is 7.09. The summed E-state index contributed by atoms with van der Waals surface area (Å²) in [5, 5.41) is 10.0. The van der Waals surface area contributed by atoms with Crippen LogP contribution in [0.25, 0.3) is 0 Å². The zero-order valence-corrected chi connectivity index (χ0v) is 17.4. The van der Waals surface area contributed by atoms with Crippen LogP contribution in [0.3, 0.4) is 0 Å². The number of nitrogens with zero attached hydrogens (tertiary/aromatic N) is 1. The Hall–Kier alpha value is -3.15. The van der Waals surface area contributed by atoms with Crippen molar-refractivity contribution < 1.29 is 19.4 Å². The van der Waals surface area contributed by atoms with E-state index in [4.69, 9.17) is 27.9 Å². The van der Waals surface area contributed by atoms with Gasteiger partial charge in [0.05, 0.1) is 22.7 Å². The molecule has 3 aromatic rings. The van der Waals surface area contributed by atoms with Gasteiger partial charge in [0.25, 0.3) is 0 Å². The minimum Gasteiger partial charge on any atom is -0.504 e. The number of methoxy groups -OCH3 is 1. The highest BCUT2D eigenvalue weighted by atomic mass is 35.5. The monoisotopic (exact) mass is 441 g/mol. The lowest BCUT2D eigenvalue weighted by Gasteiger charge is -2.09. The van der Waals surface area contributed by atoms with Gasteiger partial charge in [-0.2, -0.15) is 0 Å². The minimum absolute atomic E-state index is 0.0545. The summed E-state index contributed by atoms with van der Waals surface area (Å²) in [5.74, 6) is -0.418. The average molecular weight is 442 g/mol. The fraction of sp³-hybridized carbons (Fsp3) is 0.0870. The first kappa shape index (κ1) is 21.6. The van der Waals surface area contributed by atoms with Crippen LogP contribution in [0.1, 0.15) is 31.8 Å². The molecule has 0 aromatic heterocycles. The lowest BCUT2D eigenvalue weighted by Crippen LogP contribution is -2.06. The maximum absolute atomic E-state index is 12.8. The summed E-state index contributed by atoms with van der Waals surface area (Å²) in [6.45, 7) is -0.144. The number of ether oxygens (including phenoxy) is 1. The summed E-state index contributed by atoms with van der Waals surface area (Å²) < 4.78 is 5.01. The lowest BCUT2D eigenvalue weighted by atomic mass is 10.0. The Bertz CT molecular complexity index is 1130. The Morgan fingerprint density at radius 2 is 1.77 bits per heavy atom. The van der Waals surface area contributed by atoms with Crippen molar-refractivity contribution in [2.75, 3.05) is 13.7 Å². The second kappa shape index (κ2) is 9.57. The maximum Gasteiger partial charge on any atom is 0.196 e. The molecule has 0 fully saturated rings. The van der Waals surface area contributed by atoms with Crippen molar-refractivity contribution in [1.82, 2.24) is 0 Å². The van der Waals surface area contributed by atoms with E-state index in [2.05, 4.69) is 4.99 Å². The fourth-order valence-corrected chi connectivity index (χ4v) is 3.37. The Morgan fingerprint density at radius 3 is 2.47 bits per heavy atom. The highest BCUT2D eigenvalue weighted by molar-refractivity contribution is 6.42. The highest BCUT2D eigenvalue weighted by Gasteiger charge is 2.18. The largest absolute Gasteiger partial charge is 0.504 e. The van der Waals surface area contributed by atoms with E-state index in [1.54, 1.807) is 36.4 Å². The molecule has 3 rings (SSSR count). The third-order valence-corrected chi connectivity index (χ3v) is 5.07. The molecule has 0 heterocycles. The highest BCUT2D eigenvalue weighted by Crippen LogP contribution is 2.30. The quantitative estimate of drug-likeness (QED) is 0.401. The number of Topliss-reactive ketones (excluding diaryl/α,β-unsaturated/α-hetero) is 1. The maximum atomic E-state index is 12.8. The number of rotatable bonds is 7. The number of hydrogen-bond acceptors (Lipinski definition) is 5. The molecule has 0 amide bonds. The van der Waals surface area contributed by atoms with Crippen LogP contribution < -0.4 is 4.74 Å². The van der Waals surface area contributed by atoms with Crippen molar-refractivity contribution in [3.63, 3.8) is 0 Å². The molecule has 0 unspecified atom stereocenters. The summed E-state index contributed by atoms with van der Waals surface area (Å²) in [5.41, 5.74) is 1.47. The summed E-state index contributed by atoms with van der Waals surface area (Å²) in [6, 6.07) is 16.2. The van der Waals surface area contributed by atoms with Gasteiger partial charge in [-0.3, -0.25) is 14.6 Å². The van der Waals surface area contributed by atoms with Gasteiger partial charge in [-0.05, 0) is 24.3 Å². The zero-order chi connectivity index (χ0) is 21.7. The van der Waals surface area contributed by atoms with Gasteiger partial charge in [-0.25, -0.2) is 0 Å². The van der Waals surface area contributed by atoms with E-state index in [-0.39, 0.29) is 45.2 Å². The van der Waals surface area contributed by atoms with Crippen LogP contribution in [0.2, 0.25) is 10.0 Å². The van der Waals surface area contributed by atoms with Crippen molar-refractivity contribution in [2.45, 2.75) is 0 Å². The molecule has 0 aliphatic rings. The van der Waals surface area contributed by atoms with E-state index in [1.807, 2.05) is 6.07 Å². The van der Waals surface area contributed by atoms with Crippen LogP contribution >= 0.6 is 23.2 Å². The molecular weight excluding hydrogens is 425 g/mol. The standard InChI is InChI=1S/C23H17Cl2NO4/c1-30-20-11-15(8-10-18(20)27)19(28)13-26-12-16-7-9-17(24)21(22(16)25)23(29)14-5-3-2-4-6-14/h2-12,27H,13H2,1H3. The third-order valence-electron chi connectivity index (χ3n) is 4.35. The molecule has 1 N–H and O–H groups in total. The molecule has 7 heteroatoms. The Morgan fingerprint density at radius 1 is 1.03 bits per heavy atom. The topological polar surface area (TPSA) is 76.0 Å². The van der Waals surface area contributed by atoms with Gasteiger partial charge < -0.3 is 9.84 Å². The van der Waals surface area contributed by atoms with Crippen molar-refractivity contribution in [1.29, 1.82) is 0 Å². The van der Waals surface area contributed by atoms with Gasteiger partial charge in [0.1, 0.15) is 6.54 Å². The van der Waals surface area contributed by atoms with Crippen LogP contribution in [-0.4, -0.2) is 36.5 Å². The van der Waals surface area contributed by atoms with Crippen molar-refractivity contribution in [3.8, 4) is 11.5 Å². The van der Waals surface area contributed by atoms with Gasteiger partial charge in [0.2, 0.25) is 0 Å². The van der Waals surface area contributed by atoms with E-state index in [0.29, 0.717) is 16.7 Å². The molecule has 0 radical (unpaired) electrons. The number of carbonyl (C=O) groups excluding carboxylic acids is 2. The molecule has 0 aliphatic heterocycles. The summed E-state index contributed by atoms with van der Waals surface area (Å²) in [6.07, 6.45) is 1.43. The predicted octanol–water partition coefficient (Wildman–Crippen LogP) is 5.24. The third kappa shape index (κ3) is 4.70. The molecule has 0 aliphatic carbocycles. The first-order valence-corrected chi connectivity index (χ1v) is 9.65. The van der Waals surface area contributed by atoms with E-state index in [1.165, 1.54) is 31.5 Å². The molecule has 5 nitrogen and oxygen atoms in total. The lowest BCUT2D eigenvalue weighted by molar-refractivity contribution is 0.1000. The molecule has 30 heavy (non-hydrogen) atoms. The first-order chi connectivity index (χ1) is 14.4. The average Bonchev–Trinajstić information content (AvgIpc) is 2.76. The van der Waals surface area contributed by atoms with Crippen LogP contribution in [0.4, 0.5) is 0 Å². The SMILES string of the molecule is COc1cc(C(=O)CN=Cc2ccc(Cl)c(C(=O)c3ccccc3)c2Cl)ccc1O. The van der Waals surface area contributed by atoms with Gasteiger partial charge in [-0.15, -0.1) is 0 Å². The smallest absolute Gasteiger partial charge is 0.196 e. The zero-order valence-electron chi connectivity index (χ0n) is 15.9. The number of phenolic OH excluding ortho intramolecular Hbond substituents is 1. The Balaban J connectivity index is 1.81. The molecule has 0 bridgehead atoms. The number of aromatic hydroxyl groups is 1. The predicted molar refractivity (Wildman–Crippen MR) is 118 cm³/mol. The van der Waals surface area contributed by atoms with Crippen molar-refractivity contribution in [3.05, 3.63) is 93.0 Å². The fourth-order valence-electron chi connectivity index (χ4n) is 2.78. The van der Waals surface area contributed by atoms with Crippen LogP contribution in [0.15, 0.2) is 65.7 Å². The van der Waals surface area contributed by atoms with Gasteiger partial charge in [-0.1, -0.05) is 59.6 Å². The van der Waals surface area contributed by atoms with E-state index in [9.17, 15) is 14.7 Å². The van der Waals surface area contributed by atoms with Gasteiger partial charge >= 0.3 is 0 Å². The van der Waals surface area contributed by atoms with E-state index < -0.39 is 0 Å². The number of aliphatic imine (C=N–C) groups is 1. The molecule has 0 atom stereocenters. The number of carbonyl (C=O) groups is 2. The van der Waals surface area contributed by atoms with Crippen LogP contribution in [0.5, 0.6) is 11.5 Å². The number of hydrogen-bond donors (Lipinski definition) is 1. The summed E-state index contributed by atoms with van der Waals surface area (Å²) >= 11 is 12.6. The number of phenols is 1. The van der Waals surface area contributed by atoms with E-state index in [0.717, 1.165) is 0 Å². The summed E-state index contributed by atoms with van der Waals surface area (Å²) in [4.78, 5) is 29.3. The Kier molecular flexibility index (Phi) is 6.87. The second-order valence-electron chi connectivity index (χ2n) is 6.30. The number of benzene rings is 3. The molecule has 0 saturated heterocycles. The Labute approximate surface area is 183 Å². The molecule has 0 spiro atoms.